The SMILES string of the molecule is Cc1cccc(/C=C/C(C)(C)Oc2ccc(C#N)cc2)n1. The highest BCUT2D eigenvalue weighted by molar-refractivity contribution is 5.46. The molecule has 2 rings (SSSR count). The van der Waals surface area contributed by atoms with Gasteiger partial charge >= 0.3 is 0 Å². The summed E-state index contributed by atoms with van der Waals surface area (Å²) in [5.41, 5.74) is 2.06. The highest BCUT2D eigenvalue weighted by Crippen LogP contribution is 2.20. The molecule has 1 heterocycles. The van der Waals surface area contributed by atoms with Crippen molar-refractivity contribution < 1.29 is 4.74 Å². The van der Waals surface area contributed by atoms with Crippen LogP contribution in [0.5, 0.6) is 5.75 Å². The van der Waals surface area contributed by atoms with Gasteiger partial charge in [-0.15, -0.1) is 0 Å². The number of pyridine rings is 1. The minimum atomic E-state index is -0.459. The Morgan fingerprint density at radius 1 is 1.14 bits per heavy atom. The van der Waals surface area contributed by atoms with Gasteiger partial charge in [-0.1, -0.05) is 6.07 Å². The van der Waals surface area contributed by atoms with E-state index in [0.717, 1.165) is 17.1 Å². The summed E-state index contributed by atoms with van der Waals surface area (Å²) < 4.78 is 5.93. The van der Waals surface area contributed by atoms with Crippen LogP contribution < -0.4 is 4.74 Å². The van der Waals surface area contributed by atoms with Gasteiger partial charge in [0.15, 0.2) is 0 Å². The molecule has 0 atom stereocenters. The van der Waals surface area contributed by atoms with Crippen LogP contribution in [0, 0.1) is 18.3 Å². The van der Waals surface area contributed by atoms with Crippen LogP contribution in [0.1, 0.15) is 30.8 Å². The van der Waals surface area contributed by atoms with Gasteiger partial charge in [-0.25, -0.2) is 0 Å². The molecule has 1 aromatic carbocycles. The van der Waals surface area contributed by atoms with Crippen molar-refractivity contribution in [1.82, 2.24) is 4.98 Å². The van der Waals surface area contributed by atoms with Gasteiger partial charge < -0.3 is 4.74 Å². The lowest BCUT2D eigenvalue weighted by molar-refractivity contribution is 0.163. The topological polar surface area (TPSA) is 45.9 Å². The third kappa shape index (κ3) is 4.47. The van der Waals surface area contributed by atoms with Crippen LogP contribution in [0.4, 0.5) is 0 Å². The number of aromatic nitrogens is 1. The monoisotopic (exact) mass is 278 g/mol. The van der Waals surface area contributed by atoms with Crippen LogP contribution in [-0.2, 0) is 0 Å². The molecule has 0 bridgehead atoms. The van der Waals surface area contributed by atoms with E-state index in [1.54, 1.807) is 24.3 Å². The van der Waals surface area contributed by atoms with Crippen molar-refractivity contribution >= 4 is 6.08 Å². The predicted octanol–water partition coefficient (Wildman–Crippen LogP) is 4.13. The normalized spacial score (nSPS) is 11.3. The van der Waals surface area contributed by atoms with E-state index in [2.05, 4.69) is 11.1 Å². The van der Waals surface area contributed by atoms with Crippen molar-refractivity contribution in [3.63, 3.8) is 0 Å². The standard InChI is InChI=1S/C18H18N2O/c1-14-5-4-6-16(20-14)11-12-18(2,3)21-17-9-7-15(13-19)8-10-17/h4-12H,1-3H3/b12-11+. The average Bonchev–Trinajstić information content (AvgIpc) is 2.46. The number of hydrogen-bond acceptors (Lipinski definition) is 3. The van der Waals surface area contributed by atoms with E-state index in [9.17, 15) is 0 Å². The smallest absolute Gasteiger partial charge is 0.122 e. The van der Waals surface area contributed by atoms with Gasteiger partial charge in [0, 0.05) is 5.69 Å². The second-order valence-electron chi connectivity index (χ2n) is 5.38. The molecule has 0 radical (unpaired) electrons. The lowest BCUT2D eigenvalue weighted by Crippen LogP contribution is -2.25. The van der Waals surface area contributed by atoms with Gasteiger partial charge in [0.05, 0.1) is 17.3 Å². The largest absolute Gasteiger partial charge is 0.484 e. The minimum absolute atomic E-state index is 0.459. The van der Waals surface area contributed by atoms with Crippen LogP contribution in [0.15, 0.2) is 48.5 Å². The molecule has 3 heteroatoms. The second kappa shape index (κ2) is 6.23. The summed E-state index contributed by atoms with van der Waals surface area (Å²) in [6.07, 6.45) is 3.93. The van der Waals surface area contributed by atoms with E-state index in [-0.39, 0.29) is 0 Å². The summed E-state index contributed by atoms with van der Waals surface area (Å²) in [6.45, 7) is 5.94. The molecule has 0 aliphatic rings. The fourth-order valence-corrected chi connectivity index (χ4v) is 1.88. The molecule has 106 valence electrons. The van der Waals surface area contributed by atoms with Crippen LogP contribution in [-0.4, -0.2) is 10.6 Å². The zero-order chi connectivity index (χ0) is 15.3. The van der Waals surface area contributed by atoms with Crippen molar-refractivity contribution in [3.05, 3.63) is 65.5 Å². The molecule has 2 aromatic rings. The van der Waals surface area contributed by atoms with E-state index in [0.29, 0.717) is 5.56 Å². The van der Waals surface area contributed by atoms with Gasteiger partial charge in [-0.05, 0) is 69.3 Å². The summed E-state index contributed by atoms with van der Waals surface area (Å²) in [6, 6.07) is 15.1. The molecule has 0 unspecified atom stereocenters. The number of nitriles is 1. The highest BCUT2D eigenvalue weighted by Gasteiger charge is 2.15. The van der Waals surface area contributed by atoms with E-state index in [1.807, 2.05) is 51.1 Å². The summed E-state index contributed by atoms with van der Waals surface area (Å²) in [4.78, 5) is 4.43. The summed E-state index contributed by atoms with van der Waals surface area (Å²) in [5, 5.41) is 8.78. The van der Waals surface area contributed by atoms with Gasteiger partial charge in [-0.2, -0.15) is 5.26 Å². The highest BCUT2D eigenvalue weighted by atomic mass is 16.5. The van der Waals surface area contributed by atoms with Gasteiger partial charge in [0.1, 0.15) is 11.4 Å². The zero-order valence-electron chi connectivity index (χ0n) is 12.5. The number of rotatable bonds is 4. The average molecular weight is 278 g/mol. The number of ether oxygens (including phenoxy) is 1. The first kappa shape index (κ1) is 14.8. The predicted molar refractivity (Wildman–Crippen MR) is 83.9 cm³/mol. The molecular formula is C18H18N2O. The Balaban J connectivity index is 2.08. The van der Waals surface area contributed by atoms with Crippen LogP contribution in [0.3, 0.4) is 0 Å². The molecule has 21 heavy (non-hydrogen) atoms. The Morgan fingerprint density at radius 2 is 1.86 bits per heavy atom. The van der Waals surface area contributed by atoms with E-state index < -0.39 is 5.60 Å². The Kier molecular flexibility index (Phi) is 4.39. The van der Waals surface area contributed by atoms with E-state index >= 15 is 0 Å². The van der Waals surface area contributed by atoms with Crippen molar-refractivity contribution in [2.45, 2.75) is 26.4 Å². The summed E-state index contributed by atoms with van der Waals surface area (Å²) >= 11 is 0. The first-order valence-electron chi connectivity index (χ1n) is 6.81. The maximum atomic E-state index is 8.78. The number of benzene rings is 1. The number of hydrogen-bond donors (Lipinski definition) is 0. The first-order valence-corrected chi connectivity index (χ1v) is 6.81. The third-order valence-electron chi connectivity index (χ3n) is 2.93. The second-order valence-corrected chi connectivity index (χ2v) is 5.38. The molecule has 0 aliphatic carbocycles. The van der Waals surface area contributed by atoms with Crippen molar-refractivity contribution in [2.24, 2.45) is 0 Å². The first-order chi connectivity index (χ1) is 9.98. The molecular weight excluding hydrogens is 260 g/mol. The molecule has 0 aliphatic heterocycles. The summed E-state index contributed by atoms with van der Waals surface area (Å²) in [5.74, 6) is 0.737. The maximum absolute atomic E-state index is 8.78. The van der Waals surface area contributed by atoms with E-state index in [1.165, 1.54) is 0 Å². The molecule has 0 spiro atoms. The summed E-state index contributed by atoms with van der Waals surface area (Å²) in [7, 11) is 0. The van der Waals surface area contributed by atoms with Crippen molar-refractivity contribution in [1.29, 1.82) is 5.26 Å². The molecule has 0 fully saturated rings. The Morgan fingerprint density at radius 3 is 2.48 bits per heavy atom. The molecule has 3 nitrogen and oxygen atoms in total. The Bertz CT molecular complexity index is 679. The fraction of sp³-hybridized carbons (Fsp3) is 0.222. The van der Waals surface area contributed by atoms with Crippen molar-refractivity contribution in [2.75, 3.05) is 0 Å². The van der Waals surface area contributed by atoms with Crippen molar-refractivity contribution in [3.8, 4) is 11.8 Å². The van der Waals surface area contributed by atoms with Crippen LogP contribution in [0.2, 0.25) is 0 Å². The molecule has 0 saturated heterocycles. The van der Waals surface area contributed by atoms with Crippen LogP contribution >= 0.6 is 0 Å². The Labute approximate surface area is 125 Å². The molecule has 0 amide bonds. The van der Waals surface area contributed by atoms with Gasteiger partial charge in [0.2, 0.25) is 0 Å². The van der Waals surface area contributed by atoms with Gasteiger partial charge in [-0.3, -0.25) is 4.98 Å². The fourth-order valence-electron chi connectivity index (χ4n) is 1.88. The van der Waals surface area contributed by atoms with Crippen LogP contribution in [0.25, 0.3) is 6.08 Å². The Hall–Kier alpha value is -2.60. The zero-order valence-corrected chi connectivity index (χ0v) is 12.5. The maximum Gasteiger partial charge on any atom is 0.122 e. The van der Waals surface area contributed by atoms with Gasteiger partial charge in [0.25, 0.3) is 0 Å². The third-order valence-corrected chi connectivity index (χ3v) is 2.93. The molecule has 1 aromatic heterocycles. The number of aryl methyl sites for hydroxylation is 1. The quantitative estimate of drug-likeness (QED) is 0.844. The molecule has 0 saturated carbocycles. The number of nitrogens with zero attached hydrogens (tertiary/aromatic N) is 2. The van der Waals surface area contributed by atoms with E-state index in [4.69, 9.17) is 10.00 Å². The minimum Gasteiger partial charge on any atom is -0.484 e. The lowest BCUT2D eigenvalue weighted by atomic mass is 10.1. The lowest BCUT2D eigenvalue weighted by Gasteiger charge is -2.22. The molecule has 0 N–H and O–H groups in total.